The summed E-state index contributed by atoms with van der Waals surface area (Å²) in [7, 11) is 0. The van der Waals surface area contributed by atoms with Crippen molar-refractivity contribution < 1.29 is 19.1 Å². The lowest BCUT2D eigenvalue weighted by Crippen LogP contribution is -2.16. The Hall–Kier alpha value is -2.09. The molecule has 27 heavy (non-hydrogen) atoms. The van der Waals surface area contributed by atoms with E-state index in [0.29, 0.717) is 5.56 Å². The van der Waals surface area contributed by atoms with E-state index < -0.39 is 18.2 Å². The van der Waals surface area contributed by atoms with Crippen LogP contribution in [0.5, 0.6) is 0 Å². The molecule has 0 aliphatic rings. The number of hydrogen-bond donors (Lipinski definition) is 1. The van der Waals surface area contributed by atoms with Crippen molar-refractivity contribution >= 4 is 40.2 Å². The van der Waals surface area contributed by atoms with Gasteiger partial charge >= 0.3 is 11.9 Å². The molecule has 0 aromatic heterocycles. The van der Waals surface area contributed by atoms with Crippen LogP contribution in [0.1, 0.15) is 56.7 Å². The number of carbonyl (C=O) groups is 2. The van der Waals surface area contributed by atoms with E-state index in [4.69, 9.17) is 9.47 Å². The summed E-state index contributed by atoms with van der Waals surface area (Å²) in [4.78, 5) is 22.7. The van der Waals surface area contributed by atoms with Gasteiger partial charge in [0, 0.05) is 34.7 Å². The van der Waals surface area contributed by atoms with Crippen LogP contribution in [0.25, 0.3) is 0 Å². The molecular formula is C21H24INO4. The van der Waals surface area contributed by atoms with Gasteiger partial charge in [-0.15, -0.1) is 0 Å². The average molecular weight is 481 g/mol. The summed E-state index contributed by atoms with van der Waals surface area (Å²) in [5, 5.41) is 3.55. The van der Waals surface area contributed by atoms with Gasteiger partial charge in [0.25, 0.3) is 6.29 Å². The fraction of sp³-hybridized carbons (Fsp3) is 0.333. The summed E-state index contributed by atoms with van der Waals surface area (Å²) < 4.78 is 11.5. The van der Waals surface area contributed by atoms with Gasteiger partial charge in [-0.1, -0.05) is 25.1 Å². The standard InChI is InChI=1S/C21H24INO4/c1-5-16-12-17(21(26-14(3)24)27-15(4)25)10-11-20(16)23-13(2)18-8-6-7-9-19(18)22/h6-13,21,23H,5H2,1-4H3. The monoisotopic (exact) mass is 481 g/mol. The van der Waals surface area contributed by atoms with Crippen molar-refractivity contribution in [1.82, 2.24) is 0 Å². The quantitative estimate of drug-likeness (QED) is 0.337. The van der Waals surface area contributed by atoms with Gasteiger partial charge in [-0.05, 0) is 71.3 Å². The Morgan fingerprint density at radius 1 is 1.07 bits per heavy atom. The Morgan fingerprint density at radius 3 is 2.26 bits per heavy atom. The molecule has 2 aromatic carbocycles. The van der Waals surface area contributed by atoms with Crippen LogP contribution in [0, 0.1) is 3.57 Å². The van der Waals surface area contributed by atoms with E-state index in [-0.39, 0.29) is 6.04 Å². The highest BCUT2D eigenvalue weighted by molar-refractivity contribution is 14.1. The number of aryl methyl sites for hydroxylation is 1. The minimum absolute atomic E-state index is 0.131. The molecule has 1 N–H and O–H groups in total. The Morgan fingerprint density at radius 2 is 1.70 bits per heavy atom. The fourth-order valence-corrected chi connectivity index (χ4v) is 3.65. The van der Waals surface area contributed by atoms with Crippen molar-refractivity contribution in [3.63, 3.8) is 0 Å². The van der Waals surface area contributed by atoms with Crippen LogP contribution in [0.2, 0.25) is 0 Å². The van der Waals surface area contributed by atoms with E-state index in [0.717, 1.165) is 17.7 Å². The molecule has 0 fully saturated rings. The number of halogens is 1. The molecule has 1 unspecified atom stereocenters. The molecule has 0 saturated heterocycles. The van der Waals surface area contributed by atoms with Crippen LogP contribution in [0.15, 0.2) is 42.5 Å². The first-order valence-electron chi connectivity index (χ1n) is 8.80. The first-order valence-corrected chi connectivity index (χ1v) is 9.88. The predicted molar refractivity (Wildman–Crippen MR) is 113 cm³/mol. The molecule has 5 nitrogen and oxygen atoms in total. The van der Waals surface area contributed by atoms with Crippen LogP contribution in [-0.2, 0) is 25.5 Å². The minimum atomic E-state index is -1.04. The van der Waals surface area contributed by atoms with Crippen LogP contribution in [-0.4, -0.2) is 11.9 Å². The maximum Gasteiger partial charge on any atom is 0.305 e. The fourth-order valence-electron chi connectivity index (χ4n) is 2.79. The van der Waals surface area contributed by atoms with Crippen LogP contribution in [0.3, 0.4) is 0 Å². The molecule has 0 radical (unpaired) electrons. The van der Waals surface area contributed by atoms with Crippen molar-refractivity contribution in [2.75, 3.05) is 5.32 Å². The highest BCUT2D eigenvalue weighted by Gasteiger charge is 2.20. The van der Waals surface area contributed by atoms with E-state index >= 15 is 0 Å². The minimum Gasteiger partial charge on any atom is -0.421 e. The second-order valence-corrected chi connectivity index (χ2v) is 7.37. The number of anilines is 1. The van der Waals surface area contributed by atoms with Gasteiger partial charge in [0.1, 0.15) is 0 Å². The predicted octanol–water partition coefficient (Wildman–Crippen LogP) is 5.15. The number of benzene rings is 2. The zero-order valence-electron chi connectivity index (χ0n) is 15.9. The van der Waals surface area contributed by atoms with E-state index in [2.05, 4.69) is 47.0 Å². The second kappa shape index (κ2) is 9.73. The lowest BCUT2D eigenvalue weighted by Gasteiger charge is -2.22. The maximum atomic E-state index is 11.3. The molecule has 0 spiro atoms. The van der Waals surface area contributed by atoms with Gasteiger partial charge in [-0.25, -0.2) is 0 Å². The zero-order valence-corrected chi connectivity index (χ0v) is 18.1. The van der Waals surface area contributed by atoms with Crippen LogP contribution in [0.4, 0.5) is 5.69 Å². The van der Waals surface area contributed by atoms with Crippen LogP contribution >= 0.6 is 22.6 Å². The van der Waals surface area contributed by atoms with Gasteiger partial charge in [0.05, 0.1) is 0 Å². The van der Waals surface area contributed by atoms with E-state index in [1.807, 2.05) is 31.2 Å². The SMILES string of the molecule is CCc1cc(C(OC(C)=O)OC(C)=O)ccc1NC(C)c1ccccc1I. The van der Waals surface area contributed by atoms with Crippen molar-refractivity contribution in [2.24, 2.45) is 0 Å². The number of hydrogen-bond acceptors (Lipinski definition) is 5. The molecule has 0 aliphatic heterocycles. The molecular weight excluding hydrogens is 457 g/mol. The molecule has 0 saturated carbocycles. The molecule has 144 valence electrons. The maximum absolute atomic E-state index is 11.3. The Labute approximate surface area is 173 Å². The van der Waals surface area contributed by atoms with E-state index in [1.54, 1.807) is 6.07 Å². The Balaban J connectivity index is 2.28. The molecule has 2 rings (SSSR count). The lowest BCUT2D eigenvalue weighted by atomic mass is 10.0. The normalized spacial score (nSPS) is 11.8. The van der Waals surface area contributed by atoms with E-state index in [1.165, 1.54) is 23.0 Å². The van der Waals surface area contributed by atoms with E-state index in [9.17, 15) is 9.59 Å². The molecule has 6 heteroatoms. The number of ether oxygens (including phenoxy) is 2. The molecule has 0 amide bonds. The number of carbonyl (C=O) groups excluding carboxylic acids is 2. The summed E-state index contributed by atoms with van der Waals surface area (Å²) in [5.41, 5.74) is 3.90. The van der Waals surface area contributed by atoms with Gasteiger partial charge < -0.3 is 14.8 Å². The molecule has 2 aromatic rings. The average Bonchev–Trinajstić information content (AvgIpc) is 2.61. The summed E-state index contributed by atoms with van der Waals surface area (Å²) >= 11 is 2.34. The van der Waals surface area contributed by atoms with Crippen molar-refractivity contribution in [3.8, 4) is 0 Å². The Kier molecular flexibility index (Phi) is 7.65. The van der Waals surface area contributed by atoms with Gasteiger partial charge in [0.2, 0.25) is 0 Å². The number of nitrogens with one attached hydrogen (secondary N) is 1. The number of esters is 2. The third-order valence-corrected chi connectivity index (χ3v) is 5.05. The summed E-state index contributed by atoms with van der Waals surface area (Å²) in [6.45, 7) is 6.74. The third-order valence-electron chi connectivity index (χ3n) is 4.07. The molecule has 0 bridgehead atoms. The summed E-state index contributed by atoms with van der Waals surface area (Å²) in [5.74, 6) is -1.01. The highest BCUT2D eigenvalue weighted by atomic mass is 127. The van der Waals surface area contributed by atoms with Gasteiger partial charge in [0.15, 0.2) is 0 Å². The highest BCUT2D eigenvalue weighted by Crippen LogP contribution is 2.29. The molecule has 0 aliphatic carbocycles. The third kappa shape index (κ3) is 5.95. The van der Waals surface area contributed by atoms with Crippen molar-refractivity contribution in [1.29, 1.82) is 0 Å². The van der Waals surface area contributed by atoms with Gasteiger partial charge in [-0.2, -0.15) is 0 Å². The first-order chi connectivity index (χ1) is 12.8. The first kappa shape index (κ1) is 21.2. The molecule has 1 atom stereocenters. The molecule has 0 heterocycles. The number of rotatable bonds is 7. The topological polar surface area (TPSA) is 64.6 Å². The van der Waals surface area contributed by atoms with Crippen molar-refractivity contribution in [3.05, 3.63) is 62.7 Å². The summed E-state index contributed by atoms with van der Waals surface area (Å²) in [6.07, 6.45) is -0.256. The van der Waals surface area contributed by atoms with Gasteiger partial charge in [-0.3, -0.25) is 9.59 Å². The van der Waals surface area contributed by atoms with Crippen molar-refractivity contribution in [2.45, 2.75) is 46.4 Å². The van der Waals surface area contributed by atoms with Crippen LogP contribution < -0.4 is 5.32 Å². The second-order valence-electron chi connectivity index (χ2n) is 6.21. The largest absolute Gasteiger partial charge is 0.421 e. The summed E-state index contributed by atoms with van der Waals surface area (Å²) in [6, 6.07) is 14.0. The Bertz CT molecular complexity index is 806. The zero-order chi connectivity index (χ0) is 20.0. The lowest BCUT2D eigenvalue weighted by molar-refractivity contribution is -0.186. The smallest absolute Gasteiger partial charge is 0.305 e.